The smallest absolute Gasteiger partial charge is 0.354 e. The van der Waals surface area contributed by atoms with Gasteiger partial charge in [-0.3, -0.25) is 9.48 Å². The Bertz CT molecular complexity index is 409. The van der Waals surface area contributed by atoms with E-state index in [0.717, 1.165) is 4.68 Å². The molecule has 0 aliphatic rings. The zero-order valence-electron chi connectivity index (χ0n) is 8.23. The van der Waals surface area contributed by atoms with E-state index in [0.29, 0.717) is 0 Å². The number of aromatic nitrogens is 2. The summed E-state index contributed by atoms with van der Waals surface area (Å²) >= 11 is 0. The summed E-state index contributed by atoms with van der Waals surface area (Å²) < 4.78 is 1.14. The SMILES string of the molecule is C=CCNC(=O)c1cnn(C)c1C(=O)O. The maximum atomic E-state index is 11.5. The van der Waals surface area contributed by atoms with Crippen LogP contribution in [0.15, 0.2) is 18.9 Å². The Morgan fingerprint density at radius 3 is 2.93 bits per heavy atom. The van der Waals surface area contributed by atoms with Crippen LogP contribution in [-0.2, 0) is 7.05 Å². The highest BCUT2D eigenvalue weighted by atomic mass is 16.4. The molecule has 1 aromatic heterocycles. The van der Waals surface area contributed by atoms with Crippen LogP contribution < -0.4 is 5.32 Å². The third-order valence-corrected chi connectivity index (χ3v) is 1.79. The summed E-state index contributed by atoms with van der Waals surface area (Å²) in [6, 6.07) is 0. The standard InChI is InChI=1S/C9H11N3O3/c1-3-4-10-8(13)6-5-11-12(2)7(6)9(14)15/h3,5H,1,4H2,2H3,(H,10,13)(H,14,15). The fraction of sp³-hybridized carbons (Fsp3) is 0.222. The molecule has 1 aromatic rings. The molecule has 0 saturated carbocycles. The van der Waals surface area contributed by atoms with E-state index in [9.17, 15) is 9.59 Å². The van der Waals surface area contributed by atoms with Crippen molar-refractivity contribution in [2.24, 2.45) is 7.05 Å². The molecular formula is C9H11N3O3. The monoisotopic (exact) mass is 209 g/mol. The third kappa shape index (κ3) is 2.22. The van der Waals surface area contributed by atoms with Gasteiger partial charge >= 0.3 is 5.97 Å². The second-order valence-electron chi connectivity index (χ2n) is 2.83. The highest BCUT2D eigenvalue weighted by Gasteiger charge is 2.20. The molecule has 80 valence electrons. The summed E-state index contributed by atoms with van der Waals surface area (Å²) in [4.78, 5) is 22.3. The van der Waals surface area contributed by atoms with Crippen LogP contribution in [0.3, 0.4) is 0 Å². The molecular weight excluding hydrogens is 198 g/mol. The summed E-state index contributed by atoms with van der Waals surface area (Å²) in [5.41, 5.74) is -0.0802. The number of carbonyl (C=O) groups is 2. The van der Waals surface area contributed by atoms with Crippen LogP contribution in [0.5, 0.6) is 0 Å². The van der Waals surface area contributed by atoms with Gasteiger partial charge in [0.15, 0.2) is 5.69 Å². The molecule has 15 heavy (non-hydrogen) atoms. The van der Waals surface area contributed by atoms with Gasteiger partial charge in [-0.25, -0.2) is 4.79 Å². The molecule has 0 unspecified atom stereocenters. The van der Waals surface area contributed by atoms with Crippen molar-refractivity contribution in [2.45, 2.75) is 0 Å². The fourth-order valence-electron chi connectivity index (χ4n) is 1.12. The van der Waals surface area contributed by atoms with Crippen LogP contribution in [0.1, 0.15) is 20.8 Å². The summed E-state index contributed by atoms with van der Waals surface area (Å²) in [5, 5.41) is 15.0. The largest absolute Gasteiger partial charge is 0.477 e. The zero-order chi connectivity index (χ0) is 11.4. The normalized spacial score (nSPS) is 9.67. The van der Waals surface area contributed by atoms with Gasteiger partial charge in [-0.05, 0) is 0 Å². The summed E-state index contributed by atoms with van der Waals surface area (Å²) in [6.07, 6.45) is 2.73. The Morgan fingerprint density at radius 2 is 2.40 bits per heavy atom. The molecule has 0 atom stereocenters. The first-order valence-corrected chi connectivity index (χ1v) is 4.22. The molecule has 0 saturated heterocycles. The second-order valence-corrected chi connectivity index (χ2v) is 2.83. The molecule has 2 N–H and O–H groups in total. The lowest BCUT2D eigenvalue weighted by atomic mass is 10.2. The van der Waals surface area contributed by atoms with Gasteiger partial charge in [0.2, 0.25) is 0 Å². The highest BCUT2D eigenvalue weighted by molar-refractivity contribution is 6.03. The average molecular weight is 209 g/mol. The van der Waals surface area contributed by atoms with Gasteiger partial charge in [0, 0.05) is 13.6 Å². The minimum absolute atomic E-state index is 0.0480. The van der Waals surface area contributed by atoms with Crippen molar-refractivity contribution in [1.82, 2.24) is 15.1 Å². The zero-order valence-corrected chi connectivity index (χ0v) is 8.23. The average Bonchev–Trinajstić information content (AvgIpc) is 2.56. The van der Waals surface area contributed by atoms with E-state index in [1.165, 1.54) is 19.3 Å². The van der Waals surface area contributed by atoms with Crippen LogP contribution in [0.25, 0.3) is 0 Å². The first kappa shape index (κ1) is 11.0. The van der Waals surface area contributed by atoms with Crippen LogP contribution in [0.2, 0.25) is 0 Å². The Morgan fingerprint density at radius 1 is 1.73 bits per heavy atom. The second kappa shape index (κ2) is 4.41. The highest BCUT2D eigenvalue weighted by Crippen LogP contribution is 2.06. The van der Waals surface area contributed by atoms with Crippen molar-refractivity contribution in [2.75, 3.05) is 6.54 Å². The molecule has 1 heterocycles. The van der Waals surface area contributed by atoms with Gasteiger partial charge in [0.1, 0.15) is 0 Å². The molecule has 1 amide bonds. The molecule has 0 fully saturated rings. The molecule has 1 rings (SSSR count). The molecule has 0 spiro atoms. The van der Waals surface area contributed by atoms with E-state index in [4.69, 9.17) is 5.11 Å². The van der Waals surface area contributed by atoms with Gasteiger partial charge in [-0.15, -0.1) is 6.58 Å². The van der Waals surface area contributed by atoms with E-state index in [2.05, 4.69) is 17.0 Å². The number of rotatable bonds is 4. The van der Waals surface area contributed by atoms with Gasteiger partial charge in [-0.1, -0.05) is 6.08 Å². The van der Waals surface area contributed by atoms with Crippen molar-refractivity contribution in [1.29, 1.82) is 0 Å². The number of aryl methyl sites for hydroxylation is 1. The number of amides is 1. The van der Waals surface area contributed by atoms with Gasteiger partial charge < -0.3 is 10.4 Å². The van der Waals surface area contributed by atoms with E-state index in [1.54, 1.807) is 0 Å². The van der Waals surface area contributed by atoms with Gasteiger partial charge in [-0.2, -0.15) is 5.10 Å². The first-order chi connectivity index (χ1) is 7.07. The van der Waals surface area contributed by atoms with Crippen molar-refractivity contribution >= 4 is 11.9 Å². The number of hydrogen-bond acceptors (Lipinski definition) is 3. The van der Waals surface area contributed by atoms with Crippen LogP contribution >= 0.6 is 0 Å². The van der Waals surface area contributed by atoms with E-state index >= 15 is 0 Å². The lowest BCUT2D eigenvalue weighted by Crippen LogP contribution is -2.25. The molecule has 0 aliphatic heterocycles. The molecule has 0 radical (unpaired) electrons. The molecule has 0 aliphatic carbocycles. The number of nitrogens with zero attached hydrogens (tertiary/aromatic N) is 2. The molecule has 0 aromatic carbocycles. The lowest BCUT2D eigenvalue weighted by molar-refractivity contribution is 0.0679. The summed E-state index contributed by atoms with van der Waals surface area (Å²) in [6.45, 7) is 3.72. The van der Waals surface area contributed by atoms with E-state index in [-0.39, 0.29) is 17.8 Å². The number of aromatic carboxylic acids is 1. The van der Waals surface area contributed by atoms with Crippen molar-refractivity contribution < 1.29 is 14.7 Å². The number of hydrogen-bond donors (Lipinski definition) is 2. The Kier molecular flexibility index (Phi) is 3.22. The molecule has 6 heteroatoms. The van der Waals surface area contributed by atoms with Crippen LogP contribution in [0, 0.1) is 0 Å². The van der Waals surface area contributed by atoms with Crippen LogP contribution in [0.4, 0.5) is 0 Å². The van der Waals surface area contributed by atoms with Crippen molar-refractivity contribution in [3.8, 4) is 0 Å². The fourth-order valence-corrected chi connectivity index (χ4v) is 1.12. The number of carbonyl (C=O) groups excluding carboxylic acids is 1. The molecule has 6 nitrogen and oxygen atoms in total. The minimum atomic E-state index is -1.18. The van der Waals surface area contributed by atoms with E-state index in [1.807, 2.05) is 0 Å². The van der Waals surface area contributed by atoms with Crippen molar-refractivity contribution in [3.05, 3.63) is 30.1 Å². The van der Waals surface area contributed by atoms with Gasteiger partial charge in [0.05, 0.1) is 11.8 Å². The number of carboxylic acid groups (broad SMARTS) is 1. The van der Waals surface area contributed by atoms with E-state index < -0.39 is 11.9 Å². The minimum Gasteiger partial charge on any atom is -0.477 e. The first-order valence-electron chi connectivity index (χ1n) is 4.22. The number of nitrogens with one attached hydrogen (secondary N) is 1. The Balaban J connectivity index is 2.98. The predicted molar refractivity (Wildman–Crippen MR) is 52.7 cm³/mol. The van der Waals surface area contributed by atoms with Gasteiger partial charge in [0.25, 0.3) is 5.91 Å². The topological polar surface area (TPSA) is 84.2 Å². The third-order valence-electron chi connectivity index (χ3n) is 1.79. The number of carboxylic acids is 1. The summed E-state index contributed by atoms with van der Waals surface area (Å²) in [5.74, 6) is -1.65. The Hall–Kier alpha value is -2.11. The Labute approximate surface area is 86.2 Å². The van der Waals surface area contributed by atoms with Crippen molar-refractivity contribution in [3.63, 3.8) is 0 Å². The predicted octanol–water partition coefficient (Wildman–Crippen LogP) is 0.0341. The quantitative estimate of drug-likeness (QED) is 0.685. The molecule has 0 bridgehead atoms. The maximum absolute atomic E-state index is 11.5. The maximum Gasteiger partial charge on any atom is 0.354 e. The summed E-state index contributed by atoms with van der Waals surface area (Å²) in [7, 11) is 1.47. The lowest BCUT2D eigenvalue weighted by Gasteiger charge is -2.01. The van der Waals surface area contributed by atoms with Crippen LogP contribution in [-0.4, -0.2) is 33.3 Å².